The van der Waals surface area contributed by atoms with Crippen LogP contribution in [0.1, 0.15) is 18.5 Å². The number of nitrogens with two attached hydrogens (primary N) is 1. The first kappa shape index (κ1) is 11.2. The van der Waals surface area contributed by atoms with Crippen LogP contribution in [0.3, 0.4) is 0 Å². The molecule has 0 radical (unpaired) electrons. The molecule has 0 unspecified atom stereocenters. The van der Waals surface area contributed by atoms with E-state index in [1.807, 2.05) is 18.3 Å². The van der Waals surface area contributed by atoms with Crippen molar-refractivity contribution in [2.75, 3.05) is 6.54 Å². The molecule has 0 saturated heterocycles. The number of pyridine rings is 1. The standard InChI is InChI=1S/C13H13ClN2S/c14-10-6-9(11-2-1-5-17-11)7-16-12(10)13(8-15)3-4-13/h1-2,5-7H,3-4,8,15H2. The van der Waals surface area contributed by atoms with Gasteiger partial charge in [0.1, 0.15) is 0 Å². The third kappa shape index (κ3) is 1.88. The molecule has 2 aromatic heterocycles. The van der Waals surface area contributed by atoms with Crippen LogP contribution in [-0.2, 0) is 5.41 Å². The molecule has 0 aromatic carbocycles. The number of thiophene rings is 1. The Morgan fingerprint density at radius 1 is 1.47 bits per heavy atom. The van der Waals surface area contributed by atoms with Crippen LogP contribution in [0.2, 0.25) is 5.02 Å². The van der Waals surface area contributed by atoms with Crippen molar-refractivity contribution in [1.82, 2.24) is 4.98 Å². The molecule has 2 aromatic rings. The van der Waals surface area contributed by atoms with Gasteiger partial charge in [0, 0.05) is 28.6 Å². The van der Waals surface area contributed by atoms with E-state index in [1.54, 1.807) is 11.3 Å². The van der Waals surface area contributed by atoms with Gasteiger partial charge in [-0.15, -0.1) is 11.3 Å². The minimum atomic E-state index is 0.0606. The molecule has 1 aliphatic rings. The lowest BCUT2D eigenvalue weighted by Gasteiger charge is -2.13. The molecule has 88 valence electrons. The lowest BCUT2D eigenvalue weighted by Crippen LogP contribution is -2.21. The molecule has 4 heteroatoms. The second-order valence-electron chi connectivity index (χ2n) is 4.52. The van der Waals surface area contributed by atoms with E-state index in [9.17, 15) is 0 Å². The molecule has 0 amide bonds. The molecule has 1 saturated carbocycles. The lowest BCUT2D eigenvalue weighted by atomic mass is 10.0. The van der Waals surface area contributed by atoms with Crippen molar-refractivity contribution in [3.8, 4) is 10.4 Å². The SMILES string of the molecule is NCC1(c2ncc(-c3cccs3)cc2Cl)CC1. The maximum Gasteiger partial charge on any atom is 0.0664 e. The van der Waals surface area contributed by atoms with E-state index in [0.29, 0.717) is 6.54 Å². The summed E-state index contributed by atoms with van der Waals surface area (Å²) in [6, 6.07) is 6.11. The van der Waals surface area contributed by atoms with E-state index in [1.165, 1.54) is 4.88 Å². The van der Waals surface area contributed by atoms with Crippen molar-refractivity contribution >= 4 is 22.9 Å². The maximum absolute atomic E-state index is 6.34. The molecule has 2 heterocycles. The van der Waals surface area contributed by atoms with Gasteiger partial charge in [0.15, 0.2) is 0 Å². The minimum absolute atomic E-state index is 0.0606. The maximum atomic E-state index is 6.34. The third-order valence-electron chi connectivity index (χ3n) is 3.39. The fourth-order valence-corrected chi connectivity index (χ4v) is 3.17. The number of nitrogens with zero attached hydrogens (tertiary/aromatic N) is 1. The Morgan fingerprint density at radius 3 is 2.82 bits per heavy atom. The van der Waals surface area contributed by atoms with Crippen molar-refractivity contribution in [3.05, 3.63) is 40.5 Å². The normalized spacial score (nSPS) is 17.1. The first-order valence-electron chi connectivity index (χ1n) is 5.65. The van der Waals surface area contributed by atoms with Crippen molar-refractivity contribution < 1.29 is 0 Å². The van der Waals surface area contributed by atoms with Crippen molar-refractivity contribution in [2.24, 2.45) is 5.73 Å². The highest BCUT2D eigenvalue weighted by Crippen LogP contribution is 2.49. The van der Waals surface area contributed by atoms with Crippen LogP contribution >= 0.6 is 22.9 Å². The summed E-state index contributed by atoms with van der Waals surface area (Å²) < 4.78 is 0. The van der Waals surface area contributed by atoms with Crippen molar-refractivity contribution in [2.45, 2.75) is 18.3 Å². The summed E-state index contributed by atoms with van der Waals surface area (Å²) in [5.41, 5.74) is 7.93. The molecule has 17 heavy (non-hydrogen) atoms. The summed E-state index contributed by atoms with van der Waals surface area (Å²) in [5.74, 6) is 0. The number of halogens is 1. The molecular formula is C13H13ClN2S. The zero-order valence-corrected chi connectivity index (χ0v) is 10.9. The van der Waals surface area contributed by atoms with Crippen molar-refractivity contribution in [1.29, 1.82) is 0 Å². The van der Waals surface area contributed by atoms with Gasteiger partial charge >= 0.3 is 0 Å². The smallest absolute Gasteiger partial charge is 0.0664 e. The average Bonchev–Trinajstić information content (AvgIpc) is 2.94. The van der Waals surface area contributed by atoms with Crippen LogP contribution in [0.15, 0.2) is 29.8 Å². The topological polar surface area (TPSA) is 38.9 Å². The molecule has 0 aliphatic heterocycles. The van der Waals surface area contributed by atoms with Crippen LogP contribution < -0.4 is 5.73 Å². The highest BCUT2D eigenvalue weighted by atomic mass is 35.5. The summed E-state index contributed by atoms with van der Waals surface area (Å²) in [4.78, 5) is 5.73. The van der Waals surface area contributed by atoms with Crippen molar-refractivity contribution in [3.63, 3.8) is 0 Å². The van der Waals surface area contributed by atoms with E-state index in [4.69, 9.17) is 17.3 Å². The largest absolute Gasteiger partial charge is 0.330 e. The Morgan fingerprint density at radius 2 is 2.29 bits per heavy atom. The van der Waals surface area contributed by atoms with Crippen LogP contribution in [-0.4, -0.2) is 11.5 Å². The lowest BCUT2D eigenvalue weighted by molar-refractivity contribution is 0.679. The van der Waals surface area contributed by atoms with Gasteiger partial charge in [0.05, 0.1) is 10.7 Å². The van der Waals surface area contributed by atoms with Gasteiger partial charge in [-0.05, 0) is 30.4 Å². The monoisotopic (exact) mass is 264 g/mol. The van der Waals surface area contributed by atoms with Crippen LogP contribution in [0.25, 0.3) is 10.4 Å². The quantitative estimate of drug-likeness (QED) is 0.922. The highest BCUT2D eigenvalue weighted by molar-refractivity contribution is 7.13. The summed E-state index contributed by atoms with van der Waals surface area (Å²) >= 11 is 8.03. The molecule has 0 bridgehead atoms. The zero-order valence-electron chi connectivity index (χ0n) is 9.32. The first-order chi connectivity index (χ1) is 8.25. The highest BCUT2D eigenvalue weighted by Gasteiger charge is 2.45. The second kappa shape index (κ2) is 4.09. The zero-order chi connectivity index (χ0) is 11.9. The Hall–Kier alpha value is -0.900. The molecule has 3 rings (SSSR count). The third-order valence-corrected chi connectivity index (χ3v) is 4.60. The van der Waals surface area contributed by atoms with E-state index in [2.05, 4.69) is 16.4 Å². The Kier molecular flexibility index (Phi) is 2.69. The van der Waals surface area contributed by atoms with E-state index >= 15 is 0 Å². The van der Waals surface area contributed by atoms with Gasteiger partial charge in [0.25, 0.3) is 0 Å². The Balaban J connectivity index is 2.00. The van der Waals surface area contributed by atoms with E-state index in [-0.39, 0.29) is 5.41 Å². The fraction of sp³-hybridized carbons (Fsp3) is 0.308. The summed E-state index contributed by atoms with van der Waals surface area (Å²) in [7, 11) is 0. The molecule has 0 atom stereocenters. The van der Waals surface area contributed by atoms with Gasteiger partial charge < -0.3 is 5.73 Å². The van der Waals surface area contributed by atoms with Gasteiger partial charge in [-0.2, -0.15) is 0 Å². The van der Waals surface area contributed by atoms with E-state index in [0.717, 1.165) is 29.1 Å². The van der Waals surface area contributed by atoms with Gasteiger partial charge in [-0.25, -0.2) is 0 Å². The fourth-order valence-electron chi connectivity index (χ4n) is 2.09. The average molecular weight is 265 g/mol. The predicted molar refractivity (Wildman–Crippen MR) is 72.5 cm³/mol. The predicted octanol–water partition coefficient (Wildman–Crippen LogP) is 3.45. The summed E-state index contributed by atoms with van der Waals surface area (Å²) in [5, 5.41) is 2.80. The molecular weight excluding hydrogens is 252 g/mol. The number of rotatable bonds is 3. The number of aromatic nitrogens is 1. The molecule has 1 fully saturated rings. The molecule has 0 spiro atoms. The van der Waals surface area contributed by atoms with Gasteiger partial charge in [0.2, 0.25) is 0 Å². The van der Waals surface area contributed by atoms with Crippen LogP contribution in [0, 0.1) is 0 Å². The Bertz CT molecular complexity index is 532. The molecule has 2 nitrogen and oxygen atoms in total. The Labute approximate surface area is 109 Å². The summed E-state index contributed by atoms with van der Waals surface area (Å²) in [6.07, 6.45) is 4.12. The minimum Gasteiger partial charge on any atom is -0.330 e. The van der Waals surface area contributed by atoms with Gasteiger partial charge in [-0.1, -0.05) is 17.7 Å². The van der Waals surface area contributed by atoms with Crippen LogP contribution in [0.4, 0.5) is 0 Å². The number of hydrogen-bond donors (Lipinski definition) is 1. The van der Waals surface area contributed by atoms with Gasteiger partial charge in [-0.3, -0.25) is 4.98 Å². The molecule has 2 N–H and O–H groups in total. The molecule has 1 aliphatic carbocycles. The first-order valence-corrected chi connectivity index (χ1v) is 6.91. The summed E-state index contributed by atoms with van der Waals surface area (Å²) in [6.45, 7) is 0.637. The second-order valence-corrected chi connectivity index (χ2v) is 5.87. The number of hydrogen-bond acceptors (Lipinski definition) is 3. The van der Waals surface area contributed by atoms with E-state index < -0.39 is 0 Å². The van der Waals surface area contributed by atoms with Crippen LogP contribution in [0.5, 0.6) is 0 Å².